The number of rotatable bonds is 16. The fraction of sp³-hybridized carbons (Fsp3) is 0.482. The molecule has 8 rings (SSSR count). The standard InChI is InChI=1S/C22H32N.3C21H30N/c1-14(2)22(15(3)4)19-9-10-20(17(6)11-19)21-12-16(5)18(7)13-23(21)8;1-14(2)21(15(3)4)18-9-10-19(17(6)12-18)20-11-8-16(5)13-22(20)7;2*1-14(2)21(15(3)4)18-9-11-20(22(7)13-18)19-10-8-16(5)12-17(19)6/h9-15,22H,1-8H3;3*8-15,21H,1-7H3/q4*+1/i7D3,22D;2*5D3,21D;. The Balaban J connectivity index is 0.000000243. The van der Waals surface area contributed by atoms with Crippen molar-refractivity contribution in [3.8, 4) is 45.0 Å². The van der Waals surface area contributed by atoms with E-state index in [9.17, 15) is 0 Å². The summed E-state index contributed by atoms with van der Waals surface area (Å²) in [5.74, 6) is 1.27. The summed E-state index contributed by atoms with van der Waals surface area (Å²) >= 11 is 0. The van der Waals surface area contributed by atoms with Crippen LogP contribution in [0.5, 0.6) is 0 Å². The summed E-state index contributed by atoms with van der Waals surface area (Å²) in [6.07, 6.45) is 7.74. The van der Waals surface area contributed by atoms with Crippen LogP contribution in [0.4, 0.5) is 0 Å². The van der Waals surface area contributed by atoms with Crippen LogP contribution in [0.2, 0.25) is 0 Å². The van der Waals surface area contributed by atoms with Crippen molar-refractivity contribution < 1.29 is 34.7 Å². The molecular weight excluding hydrogens is 1080 g/mol. The van der Waals surface area contributed by atoms with Crippen LogP contribution in [0.25, 0.3) is 45.0 Å². The smallest absolute Gasteiger partial charge is 0.201 e. The third-order valence-electron chi connectivity index (χ3n) is 17.6. The van der Waals surface area contributed by atoms with Gasteiger partial charge in [0.15, 0.2) is 24.8 Å². The Bertz CT molecular complexity index is 3960. The zero-order chi connectivity index (χ0) is 76.9. The lowest BCUT2D eigenvalue weighted by molar-refractivity contribution is -0.661. The minimum Gasteiger partial charge on any atom is -0.201 e. The van der Waals surface area contributed by atoms with Gasteiger partial charge in [0.1, 0.15) is 28.2 Å². The molecule has 4 heteroatoms. The largest absolute Gasteiger partial charge is 0.212 e. The van der Waals surface area contributed by atoms with Crippen molar-refractivity contribution in [3.63, 3.8) is 0 Å². The van der Waals surface area contributed by atoms with Crippen LogP contribution < -0.4 is 18.3 Å². The van der Waals surface area contributed by atoms with Gasteiger partial charge in [0.25, 0.3) is 0 Å². The molecule has 8 aromatic rings. The van der Waals surface area contributed by atoms with Crippen molar-refractivity contribution in [3.05, 3.63) is 212 Å². The number of hydrogen-bond donors (Lipinski definition) is 0. The van der Waals surface area contributed by atoms with Crippen LogP contribution in [0, 0.1) is 109 Å². The van der Waals surface area contributed by atoms with Crippen LogP contribution in [0.15, 0.2) is 140 Å². The molecule has 478 valence electrons. The predicted molar refractivity (Wildman–Crippen MR) is 385 cm³/mol. The normalized spacial score (nSPS) is 14.5. The molecule has 0 saturated carbocycles. The summed E-state index contributed by atoms with van der Waals surface area (Å²) in [4.78, 5) is 0. The molecule has 0 N–H and O–H groups in total. The molecule has 0 atom stereocenters. The Labute approximate surface area is 561 Å². The molecule has 0 bridgehead atoms. The number of benzene rings is 4. The number of aromatic nitrogens is 4. The Morgan fingerprint density at radius 3 is 0.978 bits per heavy atom. The first kappa shape index (κ1) is 56.5. The highest BCUT2D eigenvalue weighted by Crippen LogP contribution is 2.38. The summed E-state index contributed by atoms with van der Waals surface area (Å²) in [6, 6.07) is 38.6. The first-order chi connectivity index (χ1) is 46.4. The van der Waals surface area contributed by atoms with Gasteiger partial charge in [0.2, 0.25) is 22.8 Å². The second kappa shape index (κ2) is 32.5. The van der Waals surface area contributed by atoms with Gasteiger partial charge in [0.05, 0.1) is 0 Å². The average Bonchev–Trinajstić information content (AvgIpc) is 0.784. The molecule has 0 unspecified atom stereocenters. The number of hydrogen-bond acceptors (Lipinski definition) is 0. The summed E-state index contributed by atoms with van der Waals surface area (Å²) in [5, 5.41) is 0. The molecule has 4 nitrogen and oxygen atoms in total. The highest BCUT2D eigenvalue weighted by atomic mass is 14.9. The highest BCUT2D eigenvalue weighted by molar-refractivity contribution is 5.65. The maximum atomic E-state index is 9.05. The van der Waals surface area contributed by atoms with Gasteiger partial charge in [-0.2, -0.15) is 0 Å². The lowest BCUT2D eigenvalue weighted by Gasteiger charge is -2.26. The first-order valence-corrected chi connectivity index (χ1v) is 32.8. The van der Waals surface area contributed by atoms with Crippen molar-refractivity contribution in [2.45, 2.75) is 196 Å². The first-order valence-electron chi connectivity index (χ1n) is 38.8. The molecule has 0 spiro atoms. The molecular formula is C85H122N4+4. The Kier molecular flexibility index (Phi) is 20.6. The topological polar surface area (TPSA) is 15.5 Å². The van der Waals surface area contributed by atoms with E-state index in [-0.39, 0.29) is 35.5 Å². The third-order valence-corrected chi connectivity index (χ3v) is 17.6. The van der Waals surface area contributed by atoms with Crippen molar-refractivity contribution in [2.75, 3.05) is 0 Å². The predicted octanol–water partition coefficient (Wildman–Crippen LogP) is 21.1. The Morgan fingerprint density at radius 1 is 0.270 bits per heavy atom. The van der Waals surface area contributed by atoms with Gasteiger partial charge in [-0.1, -0.05) is 170 Å². The average molecular weight is 1210 g/mol. The summed E-state index contributed by atoms with van der Waals surface area (Å²) in [5.41, 5.74) is 20.9. The number of pyridine rings is 4. The molecule has 4 heterocycles. The minimum absolute atomic E-state index is 0.202. The molecule has 0 aliphatic rings. The molecule has 4 aromatic heterocycles. The van der Waals surface area contributed by atoms with Crippen molar-refractivity contribution in [1.29, 1.82) is 0 Å². The summed E-state index contributed by atoms with van der Waals surface area (Å²) in [7, 11) is 7.90. The highest BCUT2D eigenvalue weighted by Gasteiger charge is 2.27. The van der Waals surface area contributed by atoms with Crippen LogP contribution in [-0.4, -0.2) is 0 Å². The van der Waals surface area contributed by atoms with Gasteiger partial charge in [-0.15, -0.1) is 0 Å². The van der Waals surface area contributed by atoms with Crippen molar-refractivity contribution >= 4 is 0 Å². The molecule has 0 amide bonds. The maximum absolute atomic E-state index is 9.05. The van der Waals surface area contributed by atoms with Crippen LogP contribution in [0.1, 0.15) is 223 Å². The Hall–Kier alpha value is -6.52. The van der Waals surface area contributed by atoms with E-state index in [1.54, 1.807) is 30.6 Å². The number of nitrogens with zero attached hydrogens (tertiary/aromatic N) is 4. The summed E-state index contributed by atoms with van der Waals surface area (Å²) < 4.78 is 104. The van der Waals surface area contributed by atoms with E-state index in [2.05, 4.69) is 217 Å². The quantitative estimate of drug-likeness (QED) is 0.0857. The second-order valence-corrected chi connectivity index (χ2v) is 27.9. The lowest BCUT2D eigenvalue weighted by Crippen LogP contribution is -2.32. The van der Waals surface area contributed by atoms with E-state index in [4.69, 9.17) is 16.4 Å². The van der Waals surface area contributed by atoms with Gasteiger partial charge in [-0.25, -0.2) is 18.3 Å². The fourth-order valence-electron chi connectivity index (χ4n) is 13.9. The Morgan fingerprint density at radius 2 is 0.596 bits per heavy atom. The van der Waals surface area contributed by atoms with E-state index >= 15 is 0 Å². The van der Waals surface area contributed by atoms with E-state index in [0.717, 1.165) is 72.7 Å². The molecule has 89 heavy (non-hydrogen) atoms. The fourth-order valence-corrected chi connectivity index (χ4v) is 13.9. The van der Waals surface area contributed by atoms with Gasteiger partial charge in [0, 0.05) is 85.2 Å². The zero-order valence-electron chi connectivity index (χ0n) is 71.8. The zero-order valence-corrected chi connectivity index (χ0v) is 59.8. The molecule has 4 aromatic carbocycles. The van der Waals surface area contributed by atoms with Crippen LogP contribution in [-0.2, 0) is 28.2 Å². The monoisotopic (exact) mass is 1210 g/mol. The van der Waals surface area contributed by atoms with Crippen molar-refractivity contribution in [1.82, 2.24) is 0 Å². The lowest BCUT2D eigenvalue weighted by atomic mass is 9.79. The van der Waals surface area contributed by atoms with Gasteiger partial charge < -0.3 is 0 Å². The minimum atomic E-state index is -2.11. The van der Waals surface area contributed by atoms with E-state index < -0.39 is 38.2 Å². The van der Waals surface area contributed by atoms with Gasteiger partial charge in [-0.05, 0) is 214 Å². The molecule has 0 saturated heterocycles. The number of aryl methyl sites for hydroxylation is 13. The van der Waals surface area contributed by atoms with Crippen LogP contribution >= 0.6 is 0 Å². The van der Waals surface area contributed by atoms with Crippen molar-refractivity contribution in [2.24, 2.45) is 75.5 Å². The molecule has 0 fully saturated rings. The van der Waals surface area contributed by atoms with Gasteiger partial charge >= 0.3 is 0 Å². The SMILES string of the molecule is Cc1ccc(-c2ccc(C(C(C)C)C(C)C)c[n+]2C)c(C)c1.[2H]C([2H])([2H])c1c[n+](C)c(-c2ccc(C([2H])(C(C)C)C(C)C)cc2C)cc1C.[2H]C([2H])([2H])c1ccc(-c2ccc(C([2H])(C(C)C)C(C)C)c[n+]2C)c(C)c1.[2H]C([2H])([2H])c1ccc(-c2ccc(C([2H])(C(C)C)C(C)C)cc2C)[n+](C)c1. The third kappa shape index (κ3) is 19.0. The summed E-state index contributed by atoms with van der Waals surface area (Å²) in [6.45, 7) is 40.4. The van der Waals surface area contributed by atoms with E-state index in [1.165, 1.54) is 27.9 Å². The molecule has 0 aliphatic carbocycles. The van der Waals surface area contributed by atoms with Gasteiger partial charge in [-0.3, -0.25) is 0 Å². The van der Waals surface area contributed by atoms with E-state index in [1.807, 2.05) is 91.3 Å². The van der Waals surface area contributed by atoms with E-state index in [0.29, 0.717) is 34.4 Å². The van der Waals surface area contributed by atoms with Crippen LogP contribution in [0.3, 0.4) is 0 Å². The molecule has 0 aliphatic heterocycles. The second-order valence-electron chi connectivity index (χ2n) is 27.9. The maximum Gasteiger partial charge on any atom is 0.212 e. The molecule has 0 radical (unpaired) electrons.